The van der Waals surface area contributed by atoms with Crippen LogP contribution in [0.3, 0.4) is 0 Å². The second kappa shape index (κ2) is 26.0. The van der Waals surface area contributed by atoms with E-state index in [9.17, 15) is 0 Å². The Hall–Kier alpha value is -9.20. The number of pyridine rings is 4. The minimum atomic E-state index is 0.484. The Morgan fingerprint density at radius 2 is 0.686 bits per heavy atom. The zero-order valence-electron chi connectivity index (χ0n) is 53.0. The smallest absolute Gasteiger partial charge is 0.206 e. The molecule has 0 aliphatic heterocycles. The number of nitrogens with two attached hydrogens (primary N) is 4. The van der Waals surface area contributed by atoms with Crippen molar-refractivity contribution in [2.24, 2.45) is 23.7 Å². The maximum atomic E-state index is 6.20. The molecule has 0 atom stereocenters. The number of nitrogen functional groups attached to an aromatic ring is 4. The highest BCUT2D eigenvalue weighted by Crippen LogP contribution is 2.36. The molecule has 0 amide bonds. The van der Waals surface area contributed by atoms with Gasteiger partial charge in [-0.3, -0.25) is 0 Å². The van der Waals surface area contributed by atoms with Crippen molar-refractivity contribution < 1.29 is 0 Å². The Bertz CT molecular complexity index is 4330. The van der Waals surface area contributed by atoms with Gasteiger partial charge in [0.2, 0.25) is 23.8 Å². The van der Waals surface area contributed by atoms with Crippen molar-refractivity contribution in [2.45, 2.75) is 102 Å². The quantitative estimate of drug-likeness (QED) is 0.0640. The van der Waals surface area contributed by atoms with E-state index in [4.69, 9.17) is 37.9 Å². The maximum absolute atomic E-state index is 6.20. The van der Waals surface area contributed by atoms with Crippen LogP contribution < -0.4 is 43.0 Å². The molecule has 8 aromatic heterocycles. The van der Waals surface area contributed by atoms with Crippen LogP contribution in [0.1, 0.15) is 75.7 Å². The second-order valence-corrected chi connectivity index (χ2v) is 24.1. The third kappa shape index (κ3) is 12.3. The summed E-state index contributed by atoms with van der Waals surface area (Å²) in [6.45, 7) is 27.4. The van der Waals surface area contributed by atoms with Gasteiger partial charge >= 0.3 is 0 Å². The highest BCUT2D eigenvalue weighted by Gasteiger charge is 2.24. The Labute approximate surface area is 504 Å². The van der Waals surface area contributed by atoms with Crippen molar-refractivity contribution in [3.05, 3.63) is 97.1 Å². The number of benzene rings is 4. The van der Waals surface area contributed by atoms with E-state index in [0.29, 0.717) is 46.9 Å². The number of hydrogen-bond donors (Lipinski definition) is 5. The first kappa shape index (κ1) is 61.4. The van der Waals surface area contributed by atoms with Crippen molar-refractivity contribution in [3.8, 4) is 0 Å². The summed E-state index contributed by atoms with van der Waals surface area (Å²) >= 11 is 0. The van der Waals surface area contributed by atoms with Gasteiger partial charge in [0.05, 0.1) is 44.1 Å². The largest absolute Gasteiger partial charge is 0.382 e. The Kier molecular flexibility index (Phi) is 18.5. The number of rotatable bonds is 15. The van der Waals surface area contributed by atoms with Crippen LogP contribution >= 0.6 is 0 Å². The van der Waals surface area contributed by atoms with E-state index in [2.05, 4.69) is 166 Å². The van der Waals surface area contributed by atoms with Gasteiger partial charge in [0.1, 0.15) is 22.1 Å². The van der Waals surface area contributed by atoms with E-state index in [1.54, 1.807) is 0 Å². The molecule has 0 radical (unpaired) electrons. The van der Waals surface area contributed by atoms with Crippen LogP contribution in [-0.2, 0) is 26.2 Å². The lowest BCUT2D eigenvalue weighted by atomic mass is 10.1. The zero-order valence-corrected chi connectivity index (χ0v) is 53.0. The van der Waals surface area contributed by atoms with Gasteiger partial charge in [-0.1, -0.05) is 135 Å². The van der Waals surface area contributed by atoms with E-state index >= 15 is 0 Å². The third-order valence-electron chi connectivity index (χ3n) is 14.9. The van der Waals surface area contributed by atoms with Crippen molar-refractivity contribution in [1.82, 2.24) is 58.1 Å². The van der Waals surface area contributed by atoms with Crippen LogP contribution in [0.4, 0.5) is 47.1 Å². The lowest BCUT2D eigenvalue weighted by molar-refractivity contribution is 0.531. The van der Waals surface area contributed by atoms with Crippen molar-refractivity contribution in [2.75, 3.05) is 91.3 Å². The van der Waals surface area contributed by atoms with Crippen LogP contribution in [0.15, 0.2) is 97.1 Å². The topological polar surface area (TPSA) is 249 Å². The molecule has 0 fully saturated rings. The first-order chi connectivity index (χ1) is 41.1. The minimum Gasteiger partial charge on any atom is -0.382 e. The lowest BCUT2D eigenvalue weighted by Gasteiger charge is -2.20. The standard InChI is InChI=1S/C18H25N5.C17H23N5.C16H21N5.C15H19N5/c1-5-10-22(4)18-21-15-16(23(18)11-12(2)3)13-8-6-7-9-14(13)20-17(15)19;1-5-21(4)17-20-14-15(22(17)10-11(2)3)12-8-6-7-9-13(12)19-16(14)18;1-10(2)9-21-14-11-7-5-6-8-12(11)18-15(17)13(14)19-16(21)20(3)4;1-9(2)8-20-13-10-6-4-5-7-11(10)18-14(16)12(13)19-15(20)17-3/h6-9,12H,5,10-11H2,1-4H3,(H2,19,20);6-9,11H,5,10H2,1-4H3,(H2,18,19);5-8,10H,9H2,1-4H3,(H2,17,18);4-7,9H,8H2,1-3H3,(H2,16,18)(H,17,19). The van der Waals surface area contributed by atoms with Gasteiger partial charge < -0.3 is 61.2 Å². The highest BCUT2D eigenvalue weighted by molar-refractivity contribution is 6.10. The molecule has 0 spiro atoms. The molecular formula is C66H88N20. The maximum Gasteiger partial charge on any atom is 0.206 e. The predicted octanol–water partition coefficient (Wildman–Crippen LogP) is 12.7. The summed E-state index contributed by atoms with van der Waals surface area (Å²) in [4.78, 5) is 43.3. The molecule has 8 heterocycles. The lowest BCUT2D eigenvalue weighted by Crippen LogP contribution is -2.23. The van der Waals surface area contributed by atoms with Gasteiger partial charge in [-0.05, 0) is 61.3 Å². The van der Waals surface area contributed by atoms with Crippen molar-refractivity contribution >= 4 is 135 Å². The molecule has 12 aromatic rings. The third-order valence-corrected chi connectivity index (χ3v) is 14.9. The normalized spacial score (nSPS) is 11.7. The molecule has 0 aliphatic rings. The summed E-state index contributed by atoms with van der Waals surface area (Å²) in [6.07, 6.45) is 1.08. The van der Waals surface area contributed by atoms with Crippen LogP contribution in [0.25, 0.3) is 87.7 Å². The number of aromatic nitrogens is 12. The summed E-state index contributed by atoms with van der Waals surface area (Å²) in [5.41, 5.74) is 35.7. The highest BCUT2D eigenvalue weighted by atomic mass is 15.3. The number of para-hydroxylation sites is 4. The van der Waals surface area contributed by atoms with Gasteiger partial charge in [-0.25, -0.2) is 39.9 Å². The van der Waals surface area contributed by atoms with Gasteiger partial charge in [-0.15, -0.1) is 0 Å². The molecule has 0 aliphatic carbocycles. The van der Waals surface area contributed by atoms with Crippen LogP contribution in [0.5, 0.6) is 0 Å². The van der Waals surface area contributed by atoms with E-state index in [1.807, 2.05) is 98.8 Å². The van der Waals surface area contributed by atoms with Crippen molar-refractivity contribution in [3.63, 3.8) is 0 Å². The summed E-state index contributed by atoms with van der Waals surface area (Å²) in [5, 5.41) is 7.56. The predicted molar refractivity (Wildman–Crippen MR) is 364 cm³/mol. The Morgan fingerprint density at radius 1 is 0.395 bits per heavy atom. The molecule has 9 N–H and O–H groups in total. The van der Waals surface area contributed by atoms with Gasteiger partial charge in [0.25, 0.3) is 0 Å². The number of hydrogen-bond acceptors (Lipinski definition) is 16. The number of nitrogens with one attached hydrogen (secondary N) is 1. The monoisotopic (exact) mass is 1160 g/mol. The minimum absolute atomic E-state index is 0.484. The molecule has 86 heavy (non-hydrogen) atoms. The second-order valence-electron chi connectivity index (χ2n) is 24.1. The summed E-state index contributed by atoms with van der Waals surface area (Å²) in [7, 11) is 10.0. The molecule has 0 saturated heterocycles. The molecule has 0 saturated carbocycles. The molecule has 0 bridgehead atoms. The summed E-state index contributed by atoms with van der Waals surface area (Å²) in [5.74, 6) is 7.76. The fourth-order valence-corrected chi connectivity index (χ4v) is 11.2. The van der Waals surface area contributed by atoms with Crippen molar-refractivity contribution in [1.29, 1.82) is 0 Å². The van der Waals surface area contributed by atoms with E-state index in [-0.39, 0.29) is 0 Å². The molecule has 4 aromatic carbocycles. The summed E-state index contributed by atoms with van der Waals surface area (Å²) in [6, 6.07) is 32.4. The molecule has 0 unspecified atom stereocenters. The average molecular weight is 1160 g/mol. The number of imidazole rings is 4. The van der Waals surface area contributed by atoms with E-state index in [1.165, 1.54) is 0 Å². The van der Waals surface area contributed by atoms with Gasteiger partial charge in [-0.2, -0.15) is 0 Å². The molecule has 20 nitrogen and oxygen atoms in total. The van der Waals surface area contributed by atoms with E-state index < -0.39 is 0 Å². The van der Waals surface area contributed by atoms with Crippen LogP contribution in [0.2, 0.25) is 0 Å². The van der Waals surface area contributed by atoms with E-state index in [0.717, 1.165) is 157 Å². The molecule has 20 heteroatoms. The van der Waals surface area contributed by atoms with Crippen LogP contribution in [-0.4, -0.2) is 106 Å². The number of fused-ring (bicyclic) bond motifs is 12. The number of anilines is 8. The first-order valence-electron chi connectivity index (χ1n) is 30.1. The number of nitrogens with zero attached hydrogens (tertiary/aromatic N) is 15. The fourth-order valence-electron chi connectivity index (χ4n) is 11.2. The Balaban J connectivity index is 0.000000137. The Morgan fingerprint density at radius 3 is 1.00 bits per heavy atom. The molecule has 12 rings (SSSR count). The average Bonchev–Trinajstić information content (AvgIpc) is 1.75. The first-order valence-corrected chi connectivity index (χ1v) is 30.1. The van der Waals surface area contributed by atoms with Gasteiger partial charge in [0.15, 0.2) is 23.3 Å². The fraction of sp³-hybridized carbons (Fsp3) is 0.394. The van der Waals surface area contributed by atoms with Crippen LogP contribution in [0, 0.1) is 23.7 Å². The summed E-state index contributed by atoms with van der Waals surface area (Å²) < 4.78 is 9.03. The zero-order chi connectivity index (χ0) is 61.8. The molecular weight excluding hydrogens is 1070 g/mol. The van der Waals surface area contributed by atoms with Gasteiger partial charge in [0, 0.05) is 96.1 Å². The molecule has 452 valence electrons. The SMILES string of the molecule is CC(C)Cn1c(N(C)C)nc2c(N)nc3ccccc3c21.CCCN(C)c1nc2c(N)nc3ccccc3c2n1CC(C)C.CCN(C)c1nc2c(N)nc3ccccc3c2n1CC(C)C.CNc1nc2c(N)nc3ccccc3c2n1CC(C)C.